The second-order valence-corrected chi connectivity index (χ2v) is 3.26. The topological polar surface area (TPSA) is 92.5 Å². The first-order valence-corrected chi connectivity index (χ1v) is 4.38. The largest absolute Gasteiger partial charge is 0.478 e. The van der Waals surface area contributed by atoms with Gasteiger partial charge in [-0.3, -0.25) is 10.1 Å². The van der Waals surface area contributed by atoms with Gasteiger partial charge in [0, 0.05) is 24.4 Å². The Bertz CT molecular complexity index is 456. The third kappa shape index (κ3) is 1.50. The summed E-state index contributed by atoms with van der Waals surface area (Å²) in [6.07, 6.45) is 0.592. The van der Waals surface area contributed by atoms with Crippen LogP contribution in [0.2, 0.25) is 0 Å². The van der Waals surface area contributed by atoms with Crippen LogP contribution in [0.5, 0.6) is 0 Å². The van der Waals surface area contributed by atoms with Gasteiger partial charge in [-0.25, -0.2) is 4.79 Å². The van der Waals surface area contributed by atoms with E-state index >= 15 is 0 Å². The third-order valence-electron chi connectivity index (χ3n) is 2.37. The Labute approximate surface area is 84.7 Å². The van der Waals surface area contributed by atoms with E-state index in [0.29, 0.717) is 24.2 Å². The van der Waals surface area contributed by atoms with E-state index in [1.165, 1.54) is 6.07 Å². The van der Waals surface area contributed by atoms with Crippen LogP contribution < -0.4 is 5.32 Å². The van der Waals surface area contributed by atoms with Gasteiger partial charge in [0.2, 0.25) is 0 Å². The molecule has 2 N–H and O–H groups in total. The van der Waals surface area contributed by atoms with Gasteiger partial charge >= 0.3 is 5.97 Å². The summed E-state index contributed by atoms with van der Waals surface area (Å²) in [5.41, 5.74) is 1.03. The number of fused-ring (bicyclic) bond motifs is 1. The SMILES string of the molecule is O=C(O)c1cc([N+](=O)[O-])cc2c1CCN2. The molecule has 0 saturated heterocycles. The molecule has 0 unspecified atom stereocenters. The maximum absolute atomic E-state index is 10.9. The molecule has 1 aromatic carbocycles. The van der Waals surface area contributed by atoms with E-state index in [-0.39, 0.29) is 11.3 Å². The molecule has 1 aliphatic heterocycles. The molecule has 0 spiro atoms. The number of benzene rings is 1. The molecule has 6 nitrogen and oxygen atoms in total. The number of rotatable bonds is 2. The molecule has 0 atom stereocenters. The quantitative estimate of drug-likeness (QED) is 0.563. The van der Waals surface area contributed by atoms with Gasteiger partial charge in [0.05, 0.1) is 10.5 Å². The molecule has 2 rings (SSSR count). The number of carbonyl (C=O) groups is 1. The number of nitrogens with zero attached hydrogens (tertiary/aromatic N) is 1. The lowest BCUT2D eigenvalue weighted by molar-refractivity contribution is -0.384. The number of nitro benzene ring substituents is 1. The third-order valence-corrected chi connectivity index (χ3v) is 2.37. The van der Waals surface area contributed by atoms with Crippen molar-refractivity contribution in [1.29, 1.82) is 0 Å². The van der Waals surface area contributed by atoms with Crippen molar-refractivity contribution in [2.75, 3.05) is 11.9 Å². The van der Waals surface area contributed by atoms with E-state index in [4.69, 9.17) is 5.11 Å². The molecule has 0 aromatic heterocycles. The summed E-state index contributed by atoms with van der Waals surface area (Å²) >= 11 is 0. The Morgan fingerprint density at radius 2 is 2.27 bits per heavy atom. The normalized spacial score (nSPS) is 13.1. The minimum atomic E-state index is -1.13. The smallest absolute Gasteiger partial charge is 0.336 e. The highest BCUT2D eigenvalue weighted by molar-refractivity contribution is 5.93. The number of non-ortho nitro benzene ring substituents is 1. The zero-order valence-corrected chi connectivity index (χ0v) is 7.69. The van der Waals surface area contributed by atoms with Crippen molar-refractivity contribution in [2.24, 2.45) is 0 Å². The molecular weight excluding hydrogens is 200 g/mol. The molecule has 15 heavy (non-hydrogen) atoms. The highest BCUT2D eigenvalue weighted by Crippen LogP contribution is 2.30. The van der Waals surface area contributed by atoms with Crippen molar-refractivity contribution < 1.29 is 14.8 Å². The minimum Gasteiger partial charge on any atom is -0.478 e. The maximum atomic E-state index is 10.9. The molecule has 0 saturated carbocycles. The van der Waals surface area contributed by atoms with Crippen molar-refractivity contribution in [3.63, 3.8) is 0 Å². The zero-order chi connectivity index (χ0) is 11.0. The zero-order valence-electron chi connectivity index (χ0n) is 7.69. The van der Waals surface area contributed by atoms with Gasteiger partial charge in [-0.15, -0.1) is 0 Å². The van der Waals surface area contributed by atoms with Crippen molar-refractivity contribution in [2.45, 2.75) is 6.42 Å². The van der Waals surface area contributed by atoms with Crippen LogP contribution >= 0.6 is 0 Å². The van der Waals surface area contributed by atoms with Gasteiger partial charge in [-0.2, -0.15) is 0 Å². The van der Waals surface area contributed by atoms with Crippen LogP contribution in [0.4, 0.5) is 11.4 Å². The van der Waals surface area contributed by atoms with Crippen LogP contribution in [0, 0.1) is 10.1 Å². The Morgan fingerprint density at radius 3 is 2.87 bits per heavy atom. The lowest BCUT2D eigenvalue weighted by atomic mass is 10.0. The number of hydrogen-bond acceptors (Lipinski definition) is 4. The molecule has 1 aliphatic rings. The second kappa shape index (κ2) is 3.23. The van der Waals surface area contributed by atoms with E-state index in [0.717, 1.165) is 6.07 Å². The fraction of sp³-hybridized carbons (Fsp3) is 0.222. The van der Waals surface area contributed by atoms with E-state index < -0.39 is 10.9 Å². The highest BCUT2D eigenvalue weighted by atomic mass is 16.6. The molecule has 0 amide bonds. The van der Waals surface area contributed by atoms with Gasteiger partial charge in [0.15, 0.2) is 0 Å². The van der Waals surface area contributed by atoms with E-state index in [9.17, 15) is 14.9 Å². The van der Waals surface area contributed by atoms with E-state index in [2.05, 4.69) is 5.32 Å². The summed E-state index contributed by atoms with van der Waals surface area (Å²) in [4.78, 5) is 20.9. The highest BCUT2D eigenvalue weighted by Gasteiger charge is 2.23. The van der Waals surface area contributed by atoms with Gasteiger partial charge in [-0.1, -0.05) is 0 Å². The maximum Gasteiger partial charge on any atom is 0.336 e. The van der Waals surface area contributed by atoms with E-state index in [1.54, 1.807) is 0 Å². The number of aromatic carboxylic acids is 1. The minimum absolute atomic E-state index is 0.0178. The van der Waals surface area contributed by atoms with Crippen LogP contribution in [-0.2, 0) is 6.42 Å². The summed E-state index contributed by atoms with van der Waals surface area (Å²) in [5.74, 6) is -1.13. The molecule has 0 aliphatic carbocycles. The first-order chi connectivity index (χ1) is 7.09. The van der Waals surface area contributed by atoms with Crippen LogP contribution in [0.3, 0.4) is 0 Å². The predicted molar refractivity (Wildman–Crippen MR) is 52.2 cm³/mol. The lowest BCUT2D eigenvalue weighted by Gasteiger charge is -2.03. The fourth-order valence-electron chi connectivity index (χ4n) is 1.70. The number of nitro groups is 1. The molecule has 1 heterocycles. The number of carboxylic acids is 1. The van der Waals surface area contributed by atoms with Crippen LogP contribution in [-0.4, -0.2) is 22.5 Å². The molecule has 0 bridgehead atoms. The van der Waals surface area contributed by atoms with Crippen LogP contribution in [0.15, 0.2) is 12.1 Å². The average Bonchev–Trinajstić information content (AvgIpc) is 2.62. The van der Waals surface area contributed by atoms with Crippen LogP contribution in [0.25, 0.3) is 0 Å². The summed E-state index contributed by atoms with van der Waals surface area (Å²) in [6.45, 7) is 0.622. The fourth-order valence-corrected chi connectivity index (χ4v) is 1.70. The average molecular weight is 208 g/mol. The van der Waals surface area contributed by atoms with E-state index in [1.807, 2.05) is 0 Å². The molecule has 6 heteroatoms. The summed E-state index contributed by atoms with van der Waals surface area (Å²) in [5, 5.41) is 22.4. The monoisotopic (exact) mass is 208 g/mol. The lowest BCUT2D eigenvalue weighted by Crippen LogP contribution is -2.02. The van der Waals surface area contributed by atoms with Gasteiger partial charge in [-0.05, 0) is 12.0 Å². The Hall–Kier alpha value is -2.11. The number of carboxylic acid groups (broad SMARTS) is 1. The van der Waals surface area contributed by atoms with Gasteiger partial charge in [0.1, 0.15) is 0 Å². The number of nitrogens with one attached hydrogen (secondary N) is 1. The van der Waals surface area contributed by atoms with Gasteiger partial charge < -0.3 is 10.4 Å². The molecule has 0 fully saturated rings. The predicted octanol–water partition coefficient (Wildman–Crippen LogP) is 1.26. The second-order valence-electron chi connectivity index (χ2n) is 3.26. The Kier molecular flexibility index (Phi) is 2.03. The molecule has 1 aromatic rings. The Balaban J connectivity index is 2.62. The summed E-state index contributed by atoms with van der Waals surface area (Å²) < 4.78 is 0. The standard InChI is InChI=1S/C9H8N2O4/c12-9(13)7-3-5(11(14)15)4-8-6(7)1-2-10-8/h3-4,10H,1-2H2,(H,12,13). The van der Waals surface area contributed by atoms with Gasteiger partial charge in [0.25, 0.3) is 5.69 Å². The first-order valence-electron chi connectivity index (χ1n) is 4.38. The van der Waals surface area contributed by atoms with Crippen molar-refractivity contribution >= 4 is 17.3 Å². The Morgan fingerprint density at radius 1 is 1.53 bits per heavy atom. The number of anilines is 1. The molecule has 0 radical (unpaired) electrons. The summed E-state index contributed by atoms with van der Waals surface area (Å²) in [7, 11) is 0. The van der Waals surface area contributed by atoms with Crippen molar-refractivity contribution in [3.05, 3.63) is 33.4 Å². The first kappa shape index (κ1) is 9.45. The number of hydrogen-bond donors (Lipinski definition) is 2. The van der Waals surface area contributed by atoms with Crippen LogP contribution in [0.1, 0.15) is 15.9 Å². The molecule has 78 valence electrons. The molecular formula is C9H8N2O4. The van der Waals surface area contributed by atoms with Crippen molar-refractivity contribution in [1.82, 2.24) is 0 Å². The van der Waals surface area contributed by atoms with Crippen molar-refractivity contribution in [3.8, 4) is 0 Å². The summed E-state index contributed by atoms with van der Waals surface area (Å²) in [6, 6.07) is 2.48.